The van der Waals surface area contributed by atoms with Gasteiger partial charge in [0.1, 0.15) is 5.75 Å². The first kappa shape index (κ1) is 14.0. The molecule has 1 aromatic carbocycles. The van der Waals surface area contributed by atoms with Gasteiger partial charge in [0.2, 0.25) is 0 Å². The summed E-state index contributed by atoms with van der Waals surface area (Å²) in [6.07, 6.45) is 3.30. The number of aromatic nitrogens is 2. The second-order valence-corrected chi connectivity index (χ2v) is 6.78. The fourth-order valence-corrected chi connectivity index (χ4v) is 2.81. The number of para-hydroxylation sites is 1. The Hall–Kier alpha value is -1.46. The van der Waals surface area contributed by atoms with Gasteiger partial charge in [-0.2, -0.15) is 4.98 Å². The molecular formula is C14H19N3OS. The number of H-pyrrole nitrogens is 1. The number of hydrogen-bond acceptors (Lipinski definition) is 3. The quantitative estimate of drug-likeness (QED) is 0.845. The summed E-state index contributed by atoms with van der Waals surface area (Å²) in [5, 5.41) is 3.95. The van der Waals surface area contributed by atoms with Crippen LogP contribution in [0.5, 0.6) is 0 Å². The third-order valence-electron chi connectivity index (χ3n) is 2.50. The van der Waals surface area contributed by atoms with E-state index in [1.165, 1.54) is 0 Å². The number of aromatic amines is 1. The van der Waals surface area contributed by atoms with E-state index in [9.17, 15) is 4.55 Å². The van der Waals surface area contributed by atoms with Crippen molar-refractivity contribution in [1.82, 2.24) is 9.97 Å². The molecule has 0 amide bonds. The molecule has 2 rings (SSSR count). The number of nitrogens with one attached hydrogen (secondary N) is 2. The van der Waals surface area contributed by atoms with Gasteiger partial charge in [-0.1, -0.05) is 18.2 Å². The predicted molar refractivity (Wildman–Crippen MR) is 78.5 cm³/mol. The molecule has 2 N–H and O–H groups in total. The Labute approximate surface area is 116 Å². The molecule has 0 radical (unpaired) electrons. The lowest BCUT2D eigenvalue weighted by Gasteiger charge is -2.24. The Morgan fingerprint density at radius 2 is 2.05 bits per heavy atom. The summed E-state index contributed by atoms with van der Waals surface area (Å²) < 4.78 is 12.2. The van der Waals surface area contributed by atoms with Crippen LogP contribution in [0.15, 0.2) is 41.8 Å². The maximum Gasteiger partial charge on any atom is 0.320 e. The third-order valence-corrected chi connectivity index (χ3v) is 3.73. The summed E-state index contributed by atoms with van der Waals surface area (Å²) in [5.41, 5.74) is 2.03. The number of hydrogen-bond donors (Lipinski definition) is 2. The van der Waals surface area contributed by atoms with Gasteiger partial charge in [-0.3, -0.25) is 0 Å². The van der Waals surface area contributed by atoms with Crippen LogP contribution >= 0.6 is 0 Å². The molecule has 0 spiro atoms. The van der Waals surface area contributed by atoms with Crippen molar-refractivity contribution in [3.63, 3.8) is 0 Å². The highest BCUT2D eigenvalue weighted by Crippen LogP contribution is 2.23. The first-order valence-electron chi connectivity index (χ1n) is 6.19. The molecule has 1 atom stereocenters. The van der Waals surface area contributed by atoms with E-state index >= 15 is 0 Å². The van der Waals surface area contributed by atoms with Crippen LogP contribution in [-0.2, 0) is 16.9 Å². The smallest absolute Gasteiger partial charge is 0.320 e. The minimum absolute atomic E-state index is 0.0255. The molecule has 2 aromatic rings. The summed E-state index contributed by atoms with van der Waals surface area (Å²) in [4.78, 5) is 6.93. The van der Waals surface area contributed by atoms with E-state index in [-0.39, 0.29) is 5.54 Å². The molecule has 1 unspecified atom stereocenters. The zero-order valence-corrected chi connectivity index (χ0v) is 12.3. The molecule has 102 valence electrons. The molecule has 0 fully saturated rings. The van der Waals surface area contributed by atoms with E-state index in [0.29, 0.717) is 10.9 Å². The van der Waals surface area contributed by atoms with E-state index in [2.05, 4.69) is 36.1 Å². The Morgan fingerprint density at radius 3 is 2.68 bits per heavy atom. The van der Waals surface area contributed by atoms with E-state index in [4.69, 9.17) is 0 Å². The number of imidazole rings is 1. The molecule has 19 heavy (non-hydrogen) atoms. The standard InChI is InChI=1S/C14H19N3OS/c1-14(2,3)17-12-7-5-4-6-11(12)10-19(18)13-15-8-9-16-13/h4-9,17H,10H2,1-3H3,(H,15,16). The highest BCUT2D eigenvalue weighted by atomic mass is 32.2. The molecule has 1 aromatic heterocycles. The summed E-state index contributed by atoms with van der Waals surface area (Å²) in [6.45, 7) is 6.31. The van der Waals surface area contributed by atoms with Crippen LogP contribution in [0.3, 0.4) is 0 Å². The molecule has 0 saturated heterocycles. The minimum Gasteiger partial charge on any atom is -0.609 e. The van der Waals surface area contributed by atoms with Crippen molar-refractivity contribution in [2.24, 2.45) is 0 Å². The monoisotopic (exact) mass is 277 g/mol. The van der Waals surface area contributed by atoms with Gasteiger partial charge in [0, 0.05) is 40.4 Å². The summed E-state index contributed by atoms with van der Waals surface area (Å²) in [5.74, 6) is 0.451. The molecule has 0 aliphatic heterocycles. The van der Waals surface area contributed by atoms with Crippen LogP contribution in [0.2, 0.25) is 0 Å². The Balaban J connectivity index is 2.16. The maximum absolute atomic E-state index is 12.2. The van der Waals surface area contributed by atoms with Crippen molar-refractivity contribution in [3.05, 3.63) is 42.2 Å². The van der Waals surface area contributed by atoms with E-state index in [0.717, 1.165) is 11.3 Å². The second kappa shape index (κ2) is 5.67. The zero-order valence-electron chi connectivity index (χ0n) is 11.4. The van der Waals surface area contributed by atoms with Crippen LogP contribution in [0.4, 0.5) is 5.69 Å². The highest BCUT2D eigenvalue weighted by Gasteiger charge is 2.18. The number of anilines is 1. The average molecular weight is 277 g/mol. The lowest BCUT2D eigenvalue weighted by atomic mass is 10.1. The van der Waals surface area contributed by atoms with Gasteiger partial charge in [-0.15, -0.1) is 0 Å². The van der Waals surface area contributed by atoms with Crippen LogP contribution in [0.1, 0.15) is 26.3 Å². The van der Waals surface area contributed by atoms with Crippen molar-refractivity contribution in [2.45, 2.75) is 37.2 Å². The molecule has 0 aliphatic carbocycles. The van der Waals surface area contributed by atoms with E-state index in [1.807, 2.05) is 24.3 Å². The second-order valence-electron chi connectivity index (χ2n) is 5.42. The van der Waals surface area contributed by atoms with Crippen molar-refractivity contribution >= 4 is 16.9 Å². The lowest BCUT2D eigenvalue weighted by Crippen LogP contribution is -2.27. The number of rotatable bonds is 4. The molecule has 5 heteroatoms. The van der Waals surface area contributed by atoms with Crippen LogP contribution < -0.4 is 5.32 Å². The molecule has 0 saturated carbocycles. The lowest BCUT2D eigenvalue weighted by molar-refractivity contribution is 0.586. The molecule has 0 aliphatic rings. The Bertz CT molecular complexity index is 520. The first-order chi connectivity index (χ1) is 8.96. The van der Waals surface area contributed by atoms with Gasteiger partial charge in [-0.25, -0.2) is 0 Å². The van der Waals surface area contributed by atoms with Crippen LogP contribution in [0, 0.1) is 0 Å². The Kier molecular flexibility index (Phi) is 4.17. The molecule has 0 bridgehead atoms. The van der Waals surface area contributed by atoms with Gasteiger partial charge in [0.15, 0.2) is 0 Å². The molecular weight excluding hydrogens is 258 g/mol. The largest absolute Gasteiger partial charge is 0.609 e. The maximum atomic E-state index is 12.2. The van der Waals surface area contributed by atoms with Crippen molar-refractivity contribution < 1.29 is 4.55 Å². The summed E-state index contributed by atoms with van der Waals surface area (Å²) in [7, 11) is 0. The number of nitrogens with zero attached hydrogens (tertiary/aromatic N) is 1. The average Bonchev–Trinajstić information content (AvgIpc) is 2.83. The van der Waals surface area contributed by atoms with Crippen molar-refractivity contribution in [1.29, 1.82) is 0 Å². The number of benzene rings is 1. The van der Waals surface area contributed by atoms with Gasteiger partial charge in [0.05, 0.1) is 0 Å². The highest BCUT2D eigenvalue weighted by molar-refractivity contribution is 7.90. The molecule has 4 nitrogen and oxygen atoms in total. The van der Waals surface area contributed by atoms with Crippen molar-refractivity contribution in [2.75, 3.05) is 5.32 Å². The zero-order chi connectivity index (χ0) is 13.9. The SMILES string of the molecule is CC(C)(C)Nc1ccccc1C[S+]([O-])c1ncc[nH]1. The predicted octanol–water partition coefficient (Wildman–Crippen LogP) is 2.93. The minimum atomic E-state index is -1.15. The summed E-state index contributed by atoms with van der Waals surface area (Å²) >= 11 is -1.15. The first-order valence-corrected chi connectivity index (χ1v) is 7.51. The molecule has 1 heterocycles. The fourth-order valence-electron chi connectivity index (χ4n) is 1.76. The van der Waals surface area contributed by atoms with Gasteiger partial charge in [-0.05, 0) is 26.8 Å². The van der Waals surface area contributed by atoms with E-state index in [1.54, 1.807) is 12.4 Å². The van der Waals surface area contributed by atoms with Gasteiger partial charge in [0.25, 0.3) is 0 Å². The van der Waals surface area contributed by atoms with Crippen molar-refractivity contribution in [3.8, 4) is 0 Å². The van der Waals surface area contributed by atoms with Gasteiger partial charge >= 0.3 is 5.16 Å². The normalized spacial score (nSPS) is 13.3. The third kappa shape index (κ3) is 4.01. The fraction of sp³-hybridized carbons (Fsp3) is 0.357. The Morgan fingerprint density at radius 1 is 1.32 bits per heavy atom. The topological polar surface area (TPSA) is 63.8 Å². The van der Waals surface area contributed by atoms with Crippen LogP contribution in [0.25, 0.3) is 0 Å². The summed E-state index contributed by atoms with van der Waals surface area (Å²) in [6, 6.07) is 7.95. The van der Waals surface area contributed by atoms with Gasteiger partial charge < -0.3 is 14.9 Å². The van der Waals surface area contributed by atoms with Crippen LogP contribution in [-0.4, -0.2) is 20.1 Å². The van der Waals surface area contributed by atoms with E-state index < -0.39 is 11.2 Å².